The van der Waals surface area contributed by atoms with Crippen LogP contribution in [0.25, 0.3) is 6.08 Å². The molecule has 0 radical (unpaired) electrons. The van der Waals surface area contributed by atoms with E-state index in [2.05, 4.69) is 13.0 Å². The molecule has 1 aromatic carbocycles. The lowest BCUT2D eigenvalue weighted by Gasteiger charge is -2.03. The molecule has 86 valence electrons. The van der Waals surface area contributed by atoms with Gasteiger partial charge in [0, 0.05) is 0 Å². The molecule has 0 saturated carbocycles. The Bertz CT molecular complexity index is 367. The van der Waals surface area contributed by atoms with Crippen molar-refractivity contribution in [3.63, 3.8) is 0 Å². The SMILES string of the molecule is CCCC/C=C/c1ccccc1C(=O)OC. The lowest BCUT2D eigenvalue weighted by Crippen LogP contribution is -2.02. The minimum absolute atomic E-state index is 0.282. The summed E-state index contributed by atoms with van der Waals surface area (Å²) in [5, 5.41) is 0. The van der Waals surface area contributed by atoms with Crippen LogP contribution in [0.2, 0.25) is 0 Å². The highest BCUT2D eigenvalue weighted by atomic mass is 16.5. The van der Waals surface area contributed by atoms with Crippen molar-refractivity contribution in [3.05, 3.63) is 41.5 Å². The zero-order chi connectivity index (χ0) is 11.8. The summed E-state index contributed by atoms with van der Waals surface area (Å²) < 4.78 is 4.73. The highest BCUT2D eigenvalue weighted by molar-refractivity contribution is 5.93. The fourth-order valence-corrected chi connectivity index (χ4v) is 1.47. The average Bonchev–Trinajstić information content (AvgIpc) is 2.34. The number of benzene rings is 1. The van der Waals surface area contributed by atoms with Gasteiger partial charge in [-0.15, -0.1) is 0 Å². The lowest BCUT2D eigenvalue weighted by molar-refractivity contribution is 0.0600. The molecular weight excluding hydrogens is 200 g/mol. The van der Waals surface area contributed by atoms with Crippen molar-refractivity contribution < 1.29 is 9.53 Å². The highest BCUT2D eigenvalue weighted by Crippen LogP contribution is 2.12. The van der Waals surface area contributed by atoms with Crippen molar-refractivity contribution in [2.45, 2.75) is 26.2 Å². The largest absolute Gasteiger partial charge is 0.465 e. The van der Waals surface area contributed by atoms with E-state index in [1.807, 2.05) is 24.3 Å². The minimum Gasteiger partial charge on any atom is -0.465 e. The first-order valence-electron chi connectivity index (χ1n) is 5.63. The fraction of sp³-hybridized carbons (Fsp3) is 0.357. The van der Waals surface area contributed by atoms with Gasteiger partial charge in [-0.1, -0.05) is 50.1 Å². The Morgan fingerprint density at radius 2 is 2.12 bits per heavy atom. The summed E-state index contributed by atoms with van der Waals surface area (Å²) in [7, 11) is 1.40. The maximum Gasteiger partial charge on any atom is 0.338 e. The summed E-state index contributed by atoms with van der Waals surface area (Å²) >= 11 is 0. The van der Waals surface area contributed by atoms with Gasteiger partial charge in [0.2, 0.25) is 0 Å². The Morgan fingerprint density at radius 1 is 1.38 bits per heavy atom. The molecule has 2 nitrogen and oxygen atoms in total. The number of methoxy groups -OCH3 is 1. The Labute approximate surface area is 96.9 Å². The van der Waals surface area contributed by atoms with Crippen LogP contribution in [0.1, 0.15) is 42.1 Å². The van der Waals surface area contributed by atoms with Crippen molar-refractivity contribution in [2.24, 2.45) is 0 Å². The van der Waals surface area contributed by atoms with Crippen molar-refractivity contribution in [1.29, 1.82) is 0 Å². The molecule has 0 spiro atoms. The maximum absolute atomic E-state index is 11.5. The van der Waals surface area contributed by atoms with Crippen molar-refractivity contribution >= 4 is 12.0 Å². The zero-order valence-corrected chi connectivity index (χ0v) is 9.90. The molecule has 0 aromatic heterocycles. The topological polar surface area (TPSA) is 26.3 Å². The molecule has 2 heteroatoms. The van der Waals surface area contributed by atoms with Crippen molar-refractivity contribution in [2.75, 3.05) is 7.11 Å². The minimum atomic E-state index is -0.282. The third-order valence-corrected chi connectivity index (χ3v) is 2.39. The zero-order valence-electron chi connectivity index (χ0n) is 9.90. The molecule has 0 aliphatic carbocycles. The lowest BCUT2D eigenvalue weighted by atomic mass is 10.1. The van der Waals surface area contributed by atoms with E-state index < -0.39 is 0 Å². The van der Waals surface area contributed by atoms with Crippen LogP contribution in [0.3, 0.4) is 0 Å². The molecule has 0 fully saturated rings. The molecular formula is C14H18O2. The summed E-state index contributed by atoms with van der Waals surface area (Å²) in [6.45, 7) is 2.16. The monoisotopic (exact) mass is 218 g/mol. The summed E-state index contributed by atoms with van der Waals surface area (Å²) in [6.07, 6.45) is 7.50. The molecule has 1 rings (SSSR count). The first-order chi connectivity index (χ1) is 7.79. The normalized spacial score (nSPS) is 10.6. The molecule has 0 aliphatic rings. The standard InChI is InChI=1S/C14H18O2/c1-3-4-5-6-9-12-10-7-8-11-13(12)14(15)16-2/h6-11H,3-5H2,1-2H3/b9-6+. The number of hydrogen-bond acceptors (Lipinski definition) is 2. The molecule has 0 aliphatic heterocycles. The van der Waals surface area contributed by atoms with Gasteiger partial charge in [0.15, 0.2) is 0 Å². The number of unbranched alkanes of at least 4 members (excludes halogenated alkanes) is 2. The molecule has 1 aromatic rings. The van der Waals surface area contributed by atoms with Crippen LogP contribution in [-0.4, -0.2) is 13.1 Å². The van der Waals surface area contributed by atoms with Gasteiger partial charge in [0.1, 0.15) is 0 Å². The number of esters is 1. The van der Waals surface area contributed by atoms with E-state index in [0.717, 1.165) is 12.0 Å². The third-order valence-electron chi connectivity index (χ3n) is 2.39. The van der Waals surface area contributed by atoms with Gasteiger partial charge in [-0.05, 0) is 18.1 Å². The van der Waals surface area contributed by atoms with E-state index in [4.69, 9.17) is 4.74 Å². The van der Waals surface area contributed by atoms with E-state index in [1.165, 1.54) is 20.0 Å². The molecule has 0 saturated heterocycles. The Hall–Kier alpha value is -1.57. The van der Waals surface area contributed by atoms with Gasteiger partial charge in [-0.2, -0.15) is 0 Å². The van der Waals surface area contributed by atoms with Crippen LogP contribution >= 0.6 is 0 Å². The third kappa shape index (κ3) is 3.54. The number of allylic oxidation sites excluding steroid dienone is 1. The molecule has 0 amide bonds. The fourth-order valence-electron chi connectivity index (χ4n) is 1.47. The second-order valence-corrected chi connectivity index (χ2v) is 3.62. The molecule has 16 heavy (non-hydrogen) atoms. The number of carbonyl (C=O) groups is 1. The van der Waals surface area contributed by atoms with Crippen LogP contribution in [0.4, 0.5) is 0 Å². The smallest absolute Gasteiger partial charge is 0.338 e. The Morgan fingerprint density at radius 3 is 2.81 bits per heavy atom. The first kappa shape index (κ1) is 12.5. The second-order valence-electron chi connectivity index (χ2n) is 3.62. The van der Waals surface area contributed by atoms with Crippen LogP contribution in [0.5, 0.6) is 0 Å². The van der Waals surface area contributed by atoms with Gasteiger partial charge >= 0.3 is 5.97 Å². The van der Waals surface area contributed by atoms with E-state index in [-0.39, 0.29) is 5.97 Å². The Kier molecular flexibility index (Phi) is 5.34. The van der Waals surface area contributed by atoms with E-state index in [0.29, 0.717) is 5.56 Å². The van der Waals surface area contributed by atoms with Crippen LogP contribution < -0.4 is 0 Å². The van der Waals surface area contributed by atoms with Gasteiger partial charge in [0.05, 0.1) is 12.7 Å². The Balaban J connectivity index is 2.78. The number of carbonyl (C=O) groups excluding carboxylic acids is 1. The quantitative estimate of drug-likeness (QED) is 0.556. The predicted octanol–water partition coefficient (Wildman–Crippen LogP) is 3.68. The summed E-state index contributed by atoms with van der Waals surface area (Å²) in [4.78, 5) is 11.5. The van der Waals surface area contributed by atoms with Crippen LogP contribution in [0.15, 0.2) is 30.3 Å². The van der Waals surface area contributed by atoms with Crippen LogP contribution in [-0.2, 0) is 4.74 Å². The molecule has 0 unspecified atom stereocenters. The van der Waals surface area contributed by atoms with E-state index in [9.17, 15) is 4.79 Å². The maximum atomic E-state index is 11.5. The number of hydrogen-bond donors (Lipinski definition) is 0. The predicted molar refractivity (Wildman–Crippen MR) is 66.3 cm³/mol. The summed E-state index contributed by atoms with van der Waals surface area (Å²) in [6, 6.07) is 7.47. The summed E-state index contributed by atoms with van der Waals surface area (Å²) in [5.74, 6) is -0.282. The van der Waals surface area contributed by atoms with Crippen LogP contribution in [0, 0.1) is 0 Å². The molecule has 0 heterocycles. The van der Waals surface area contributed by atoms with E-state index in [1.54, 1.807) is 6.07 Å². The highest BCUT2D eigenvalue weighted by Gasteiger charge is 2.07. The van der Waals surface area contributed by atoms with Gasteiger partial charge in [-0.25, -0.2) is 4.79 Å². The summed E-state index contributed by atoms with van der Waals surface area (Å²) in [5.41, 5.74) is 1.54. The average molecular weight is 218 g/mol. The molecule has 0 atom stereocenters. The second kappa shape index (κ2) is 6.83. The van der Waals surface area contributed by atoms with E-state index >= 15 is 0 Å². The van der Waals surface area contributed by atoms with Crippen molar-refractivity contribution in [3.8, 4) is 0 Å². The molecule has 0 N–H and O–H groups in total. The van der Waals surface area contributed by atoms with Gasteiger partial charge in [-0.3, -0.25) is 0 Å². The van der Waals surface area contributed by atoms with Crippen molar-refractivity contribution in [1.82, 2.24) is 0 Å². The number of ether oxygens (including phenoxy) is 1. The number of rotatable bonds is 5. The van der Waals surface area contributed by atoms with Gasteiger partial charge < -0.3 is 4.74 Å². The van der Waals surface area contributed by atoms with Gasteiger partial charge in [0.25, 0.3) is 0 Å². The first-order valence-corrected chi connectivity index (χ1v) is 5.63. The molecule has 0 bridgehead atoms.